The lowest BCUT2D eigenvalue weighted by Crippen LogP contribution is -2.14. The fraction of sp³-hybridized carbons (Fsp3) is 0.273. The van der Waals surface area contributed by atoms with Gasteiger partial charge in [-0.2, -0.15) is 0 Å². The molecule has 0 aliphatic heterocycles. The minimum Gasteiger partial charge on any atom is -0.378 e. The molecule has 0 amide bonds. The number of pyridine rings is 1. The molecule has 132 valence electrons. The molecule has 4 heteroatoms. The Balaban J connectivity index is 1.92. The minimum absolute atomic E-state index is 0.213. The van der Waals surface area contributed by atoms with E-state index in [1.165, 1.54) is 5.56 Å². The molecule has 2 aromatic heterocycles. The van der Waals surface area contributed by atoms with Gasteiger partial charge < -0.3 is 9.67 Å². The standard InChI is InChI=1S/C22H23N3O/c1-4-20(18-10-13-23-14-11-18)25-16-15-24-21(25)19-7-5-17(6-8-19)9-12-22(2,3)26/h5-8,10-11,13-16,20,26H,4H2,1-3H3. The molecule has 1 N–H and O–H groups in total. The summed E-state index contributed by atoms with van der Waals surface area (Å²) in [7, 11) is 0. The van der Waals surface area contributed by atoms with E-state index in [1.54, 1.807) is 13.8 Å². The predicted octanol–water partition coefficient (Wildman–Crippen LogP) is 4.07. The first-order chi connectivity index (χ1) is 12.5. The van der Waals surface area contributed by atoms with Gasteiger partial charge in [-0.25, -0.2) is 4.98 Å². The van der Waals surface area contributed by atoms with Crippen molar-refractivity contribution in [3.8, 4) is 23.2 Å². The second-order valence-electron chi connectivity index (χ2n) is 6.75. The van der Waals surface area contributed by atoms with Crippen LogP contribution in [0.4, 0.5) is 0 Å². The molecule has 0 spiro atoms. The van der Waals surface area contributed by atoms with Crippen molar-refractivity contribution in [1.82, 2.24) is 14.5 Å². The average molecular weight is 345 g/mol. The Hall–Kier alpha value is -2.90. The molecule has 26 heavy (non-hydrogen) atoms. The number of nitrogens with zero attached hydrogens (tertiary/aromatic N) is 3. The maximum Gasteiger partial charge on any atom is 0.140 e. The van der Waals surface area contributed by atoms with Crippen molar-refractivity contribution in [2.45, 2.75) is 38.8 Å². The van der Waals surface area contributed by atoms with Gasteiger partial charge in [0.1, 0.15) is 11.4 Å². The third kappa shape index (κ3) is 4.19. The SMILES string of the molecule is CCC(c1ccncc1)n1ccnc1-c1ccc(C#CC(C)(C)O)cc1. The first-order valence-corrected chi connectivity index (χ1v) is 8.76. The number of hydrogen-bond donors (Lipinski definition) is 1. The molecule has 4 nitrogen and oxygen atoms in total. The van der Waals surface area contributed by atoms with Gasteiger partial charge in [0.25, 0.3) is 0 Å². The number of hydrogen-bond acceptors (Lipinski definition) is 3. The number of aromatic nitrogens is 3. The van der Waals surface area contributed by atoms with Crippen LogP contribution < -0.4 is 0 Å². The summed E-state index contributed by atoms with van der Waals surface area (Å²) in [5.41, 5.74) is 2.13. The Morgan fingerprint density at radius 2 is 1.77 bits per heavy atom. The van der Waals surface area contributed by atoms with Gasteiger partial charge in [-0.15, -0.1) is 0 Å². The lowest BCUT2D eigenvalue weighted by Gasteiger charge is -2.20. The molecule has 2 heterocycles. The van der Waals surface area contributed by atoms with Gasteiger partial charge in [0.15, 0.2) is 0 Å². The van der Waals surface area contributed by atoms with Crippen molar-refractivity contribution in [3.05, 3.63) is 72.3 Å². The highest BCUT2D eigenvalue weighted by atomic mass is 16.3. The second-order valence-corrected chi connectivity index (χ2v) is 6.75. The fourth-order valence-corrected chi connectivity index (χ4v) is 2.89. The quantitative estimate of drug-likeness (QED) is 0.725. The second kappa shape index (κ2) is 7.55. The van der Waals surface area contributed by atoms with Crippen LogP contribution in [-0.2, 0) is 0 Å². The Kier molecular flexibility index (Phi) is 5.20. The Labute approximate surface area is 154 Å². The first-order valence-electron chi connectivity index (χ1n) is 8.76. The number of rotatable bonds is 4. The van der Waals surface area contributed by atoms with Gasteiger partial charge in [-0.05, 0) is 50.1 Å². The van der Waals surface area contributed by atoms with Gasteiger partial charge >= 0.3 is 0 Å². The summed E-state index contributed by atoms with van der Waals surface area (Å²) in [5.74, 6) is 6.76. The molecule has 0 aliphatic carbocycles. The molecular formula is C22H23N3O. The molecule has 1 atom stereocenters. The highest BCUT2D eigenvalue weighted by Gasteiger charge is 2.16. The number of benzene rings is 1. The summed E-state index contributed by atoms with van der Waals surface area (Å²) in [4.78, 5) is 8.68. The Morgan fingerprint density at radius 3 is 2.38 bits per heavy atom. The number of imidazole rings is 1. The molecule has 3 rings (SSSR count). The zero-order valence-corrected chi connectivity index (χ0v) is 15.3. The summed E-state index contributed by atoms with van der Waals surface area (Å²) >= 11 is 0. The van der Waals surface area contributed by atoms with Crippen LogP contribution in [0.1, 0.15) is 44.4 Å². The van der Waals surface area contributed by atoms with Crippen molar-refractivity contribution >= 4 is 0 Å². The van der Waals surface area contributed by atoms with Gasteiger partial charge in [-0.3, -0.25) is 4.98 Å². The van der Waals surface area contributed by atoms with E-state index in [-0.39, 0.29) is 6.04 Å². The van der Waals surface area contributed by atoms with Gasteiger partial charge in [0, 0.05) is 35.9 Å². The molecular weight excluding hydrogens is 322 g/mol. The average Bonchev–Trinajstić information content (AvgIpc) is 3.11. The normalized spacial score (nSPS) is 12.3. The lowest BCUT2D eigenvalue weighted by atomic mass is 10.0. The molecule has 1 unspecified atom stereocenters. The molecule has 3 aromatic rings. The number of aliphatic hydroxyl groups is 1. The topological polar surface area (TPSA) is 50.9 Å². The minimum atomic E-state index is -0.992. The highest BCUT2D eigenvalue weighted by molar-refractivity contribution is 5.58. The molecule has 1 aromatic carbocycles. The van der Waals surface area contributed by atoms with Crippen molar-refractivity contribution in [2.75, 3.05) is 0 Å². The van der Waals surface area contributed by atoms with E-state index in [2.05, 4.69) is 33.3 Å². The van der Waals surface area contributed by atoms with Crippen LogP contribution in [0.25, 0.3) is 11.4 Å². The highest BCUT2D eigenvalue weighted by Crippen LogP contribution is 2.27. The van der Waals surface area contributed by atoms with E-state index in [0.717, 1.165) is 23.4 Å². The molecule has 0 fully saturated rings. The van der Waals surface area contributed by atoms with E-state index in [4.69, 9.17) is 0 Å². The van der Waals surface area contributed by atoms with Crippen LogP contribution in [0.3, 0.4) is 0 Å². The van der Waals surface area contributed by atoms with E-state index < -0.39 is 5.60 Å². The Bertz CT molecular complexity index is 910. The van der Waals surface area contributed by atoms with Crippen LogP contribution in [0.5, 0.6) is 0 Å². The Morgan fingerprint density at radius 1 is 1.08 bits per heavy atom. The summed E-state index contributed by atoms with van der Waals surface area (Å²) in [6.45, 7) is 5.52. The maximum atomic E-state index is 9.73. The third-order valence-electron chi connectivity index (χ3n) is 4.14. The van der Waals surface area contributed by atoms with Crippen LogP contribution in [-0.4, -0.2) is 25.2 Å². The fourth-order valence-electron chi connectivity index (χ4n) is 2.89. The summed E-state index contributed by atoms with van der Waals surface area (Å²) in [5, 5.41) is 9.73. The zero-order valence-electron chi connectivity index (χ0n) is 15.3. The van der Waals surface area contributed by atoms with Crippen LogP contribution in [0, 0.1) is 11.8 Å². The van der Waals surface area contributed by atoms with Crippen LogP contribution in [0.2, 0.25) is 0 Å². The first kappa shape index (κ1) is 17.9. The van der Waals surface area contributed by atoms with Gasteiger partial charge in [0.2, 0.25) is 0 Å². The van der Waals surface area contributed by atoms with E-state index in [9.17, 15) is 5.11 Å². The molecule has 0 aliphatic rings. The smallest absolute Gasteiger partial charge is 0.140 e. The van der Waals surface area contributed by atoms with Crippen molar-refractivity contribution in [2.24, 2.45) is 0 Å². The third-order valence-corrected chi connectivity index (χ3v) is 4.14. The zero-order chi connectivity index (χ0) is 18.6. The van der Waals surface area contributed by atoms with Gasteiger partial charge in [0.05, 0.1) is 6.04 Å². The predicted molar refractivity (Wildman–Crippen MR) is 104 cm³/mol. The summed E-state index contributed by atoms with van der Waals surface area (Å²) in [6.07, 6.45) is 8.46. The monoisotopic (exact) mass is 345 g/mol. The van der Waals surface area contributed by atoms with E-state index in [0.29, 0.717) is 0 Å². The van der Waals surface area contributed by atoms with Gasteiger partial charge in [-0.1, -0.05) is 30.9 Å². The molecule has 0 radical (unpaired) electrons. The van der Waals surface area contributed by atoms with Crippen molar-refractivity contribution in [3.63, 3.8) is 0 Å². The van der Waals surface area contributed by atoms with Crippen molar-refractivity contribution < 1.29 is 5.11 Å². The van der Waals surface area contributed by atoms with E-state index in [1.807, 2.05) is 61.2 Å². The molecule has 0 saturated carbocycles. The molecule has 0 saturated heterocycles. The summed E-state index contributed by atoms with van der Waals surface area (Å²) < 4.78 is 2.20. The summed E-state index contributed by atoms with van der Waals surface area (Å²) in [6, 6.07) is 12.3. The van der Waals surface area contributed by atoms with Crippen LogP contribution >= 0.6 is 0 Å². The lowest BCUT2D eigenvalue weighted by molar-refractivity contribution is 0.143. The molecule has 0 bridgehead atoms. The van der Waals surface area contributed by atoms with Crippen molar-refractivity contribution in [1.29, 1.82) is 0 Å². The van der Waals surface area contributed by atoms with Crippen LogP contribution in [0.15, 0.2) is 61.2 Å². The largest absolute Gasteiger partial charge is 0.378 e. The maximum absolute atomic E-state index is 9.73. The van der Waals surface area contributed by atoms with E-state index >= 15 is 0 Å².